The summed E-state index contributed by atoms with van der Waals surface area (Å²) in [5, 5.41) is 13.5. The molecule has 9 nitrogen and oxygen atoms in total. The van der Waals surface area contributed by atoms with E-state index in [1.54, 1.807) is 30.3 Å². The quantitative estimate of drug-likeness (QED) is 0.291. The minimum atomic E-state index is -0.747. The molecule has 2 aliphatic rings. The lowest BCUT2D eigenvalue weighted by molar-refractivity contribution is -0.144. The van der Waals surface area contributed by atoms with E-state index in [2.05, 4.69) is 5.32 Å². The van der Waals surface area contributed by atoms with Gasteiger partial charge in [0, 0.05) is 42.8 Å². The first-order chi connectivity index (χ1) is 20.1. The average molecular weight is 633 g/mol. The number of hydrogen-bond donors (Lipinski definition) is 2. The third-order valence-electron chi connectivity index (χ3n) is 8.45. The van der Waals surface area contributed by atoms with Gasteiger partial charge >= 0.3 is 5.97 Å². The molecule has 2 atom stereocenters. The minimum Gasteiger partial charge on any atom is -0.481 e. The largest absolute Gasteiger partial charge is 0.481 e. The molecule has 2 amide bonds. The number of aryl methyl sites for hydroxylation is 1. The molecular weight excluding hydrogens is 593 g/mol. The lowest BCUT2D eigenvalue weighted by Gasteiger charge is -2.30. The van der Waals surface area contributed by atoms with Crippen molar-refractivity contribution in [1.82, 2.24) is 9.47 Å². The number of nitrogens with zero attached hydrogens (tertiary/aromatic N) is 2. The van der Waals surface area contributed by atoms with Crippen LogP contribution in [0.3, 0.4) is 0 Å². The monoisotopic (exact) mass is 631 g/mol. The number of nitrogens with one attached hydrogen (secondary N) is 1. The molecular formula is C32H39Cl2N3O6. The van der Waals surface area contributed by atoms with Gasteiger partial charge in [-0.05, 0) is 55.9 Å². The first-order valence-electron chi connectivity index (χ1n) is 14.1. The Kier molecular flexibility index (Phi) is 10.8. The van der Waals surface area contributed by atoms with Crippen molar-refractivity contribution in [1.29, 1.82) is 0 Å². The highest BCUT2D eigenvalue weighted by Crippen LogP contribution is 2.33. The van der Waals surface area contributed by atoms with E-state index in [-0.39, 0.29) is 54.9 Å². The third-order valence-corrected chi connectivity index (χ3v) is 9.11. The molecule has 11 heteroatoms. The van der Waals surface area contributed by atoms with Crippen molar-refractivity contribution >= 4 is 57.6 Å². The lowest BCUT2D eigenvalue weighted by atomic mass is 9.87. The van der Waals surface area contributed by atoms with Crippen LogP contribution in [-0.2, 0) is 32.5 Å². The van der Waals surface area contributed by atoms with E-state index in [1.165, 1.54) is 0 Å². The van der Waals surface area contributed by atoms with E-state index in [4.69, 9.17) is 32.7 Å². The van der Waals surface area contributed by atoms with E-state index in [0.717, 1.165) is 10.9 Å². The standard InChI is InChI=1S/C31H35Cl2N3O6.CH4/c1-35-16-24(23-5-3-4-6-28(23)35)30(38)34-27-14-25(32)19(11-26(27)33)12-29(37)36-15-22(41-2)13-20(36)17-42-21-9-7-18(8-10-21)31(39)40;/h3-6,11,14,16,18,20-22H,7-10,12-13,15,17H2,1-2H3,(H,34,38)(H,39,40);1H4/t18?,20-,21?,22-;/m0./s1. The zero-order chi connectivity index (χ0) is 30.0. The van der Waals surface area contributed by atoms with Crippen LogP contribution in [0, 0.1) is 5.92 Å². The van der Waals surface area contributed by atoms with Crippen molar-refractivity contribution < 1.29 is 29.0 Å². The lowest BCUT2D eigenvalue weighted by Crippen LogP contribution is -2.40. The molecule has 232 valence electrons. The van der Waals surface area contributed by atoms with Gasteiger partial charge in [0.25, 0.3) is 5.91 Å². The number of ether oxygens (including phenoxy) is 2. The fourth-order valence-electron chi connectivity index (χ4n) is 6.03. The van der Waals surface area contributed by atoms with Gasteiger partial charge in [0.15, 0.2) is 0 Å². The first kappa shape index (κ1) is 32.8. The van der Waals surface area contributed by atoms with Crippen LogP contribution in [0.2, 0.25) is 10.0 Å². The Morgan fingerprint density at radius 2 is 1.77 bits per heavy atom. The highest BCUT2D eigenvalue weighted by Gasteiger charge is 2.36. The Hall–Kier alpha value is -3.11. The molecule has 2 heterocycles. The summed E-state index contributed by atoms with van der Waals surface area (Å²) >= 11 is 13.2. The summed E-state index contributed by atoms with van der Waals surface area (Å²) in [7, 11) is 3.51. The molecule has 1 aliphatic carbocycles. The number of carboxylic acid groups (broad SMARTS) is 1. The molecule has 43 heavy (non-hydrogen) atoms. The van der Waals surface area contributed by atoms with Crippen molar-refractivity contribution in [3.63, 3.8) is 0 Å². The summed E-state index contributed by atoms with van der Waals surface area (Å²) in [4.78, 5) is 39.6. The van der Waals surface area contributed by atoms with Crippen LogP contribution in [-0.4, -0.2) is 70.9 Å². The van der Waals surface area contributed by atoms with Crippen molar-refractivity contribution in [2.45, 2.75) is 64.2 Å². The van der Waals surface area contributed by atoms with E-state index in [9.17, 15) is 19.5 Å². The minimum absolute atomic E-state index is 0. The Morgan fingerprint density at radius 3 is 2.47 bits per heavy atom. The molecule has 5 rings (SSSR count). The summed E-state index contributed by atoms with van der Waals surface area (Å²) in [6.07, 6.45) is 4.95. The number of rotatable bonds is 9. The van der Waals surface area contributed by atoms with Gasteiger partial charge in [0.1, 0.15) is 0 Å². The predicted molar refractivity (Wildman–Crippen MR) is 168 cm³/mol. The van der Waals surface area contributed by atoms with Crippen molar-refractivity contribution in [3.05, 3.63) is 63.8 Å². The Morgan fingerprint density at radius 1 is 1.05 bits per heavy atom. The molecule has 1 saturated carbocycles. The number of benzene rings is 2. The number of hydrogen-bond acceptors (Lipinski definition) is 5. The highest BCUT2D eigenvalue weighted by atomic mass is 35.5. The molecule has 2 aromatic carbocycles. The van der Waals surface area contributed by atoms with Gasteiger partial charge in [-0.2, -0.15) is 0 Å². The Bertz CT molecular complexity index is 1480. The molecule has 1 saturated heterocycles. The number of para-hydroxylation sites is 1. The average Bonchev–Trinajstić information content (AvgIpc) is 3.56. The van der Waals surface area contributed by atoms with Crippen molar-refractivity contribution in [3.8, 4) is 0 Å². The summed E-state index contributed by atoms with van der Waals surface area (Å²) in [5.74, 6) is -1.48. The number of aromatic nitrogens is 1. The van der Waals surface area contributed by atoms with Gasteiger partial charge < -0.3 is 29.4 Å². The Labute approximate surface area is 262 Å². The van der Waals surface area contributed by atoms with Gasteiger partial charge in [0.2, 0.25) is 5.91 Å². The molecule has 1 aliphatic heterocycles. The maximum atomic E-state index is 13.5. The maximum Gasteiger partial charge on any atom is 0.306 e. The SMILES string of the molecule is C.CO[C@H]1C[C@@H](COC2CCC(C(=O)O)CC2)N(C(=O)Cc2cc(Cl)c(NC(=O)c3cn(C)c4ccccc34)cc2Cl)C1. The second-order valence-electron chi connectivity index (χ2n) is 11.2. The Balaban J connectivity index is 0.00000423. The van der Waals surface area contributed by atoms with Crippen molar-refractivity contribution in [2.75, 3.05) is 25.6 Å². The number of likely N-dealkylation sites (tertiary alicyclic amines) is 1. The molecule has 0 bridgehead atoms. The highest BCUT2D eigenvalue weighted by molar-refractivity contribution is 6.36. The zero-order valence-corrected chi connectivity index (χ0v) is 25.2. The van der Waals surface area contributed by atoms with Crippen LogP contribution < -0.4 is 5.32 Å². The van der Waals surface area contributed by atoms with E-state index < -0.39 is 5.97 Å². The van der Waals surface area contributed by atoms with Gasteiger partial charge in [-0.1, -0.05) is 48.8 Å². The number of anilines is 1. The second-order valence-corrected chi connectivity index (χ2v) is 12.0. The van der Waals surface area contributed by atoms with Crippen molar-refractivity contribution in [2.24, 2.45) is 13.0 Å². The maximum absolute atomic E-state index is 13.5. The smallest absolute Gasteiger partial charge is 0.306 e. The molecule has 0 spiro atoms. The summed E-state index contributed by atoms with van der Waals surface area (Å²) in [5.41, 5.74) is 2.37. The van der Waals surface area contributed by atoms with Crippen LogP contribution in [0.5, 0.6) is 0 Å². The first-order valence-corrected chi connectivity index (χ1v) is 14.9. The number of fused-ring (bicyclic) bond motifs is 1. The zero-order valence-electron chi connectivity index (χ0n) is 23.6. The number of amides is 2. The van der Waals surface area contributed by atoms with Crippen LogP contribution in [0.1, 0.15) is 55.5 Å². The number of carboxylic acids is 1. The van der Waals surface area contributed by atoms with Gasteiger partial charge in [0.05, 0.1) is 53.5 Å². The van der Waals surface area contributed by atoms with Gasteiger partial charge in [-0.25, -0.2) is 0 Å². The summed E-state index contributed by atoms with van der Waals surface area (Å²) in [6, 6.07) is 10.7. The van der Waals surface area contributed by atoms with E-state index in [1.807, 2.05) is 35.9 Å². The fraction of sp³-hybridized carbons (Fsp3) is 0.469. The van der Waals surface area contributed by atoms with Crippen LogP contribution in [0.4, 0.5) is 5.69 Å². The molecule has 2 fully saturated rings. The molecule has 3 aromatic rings. The van der Waals surface area contributed by atoms with Gasteiger partial charge in [-0.15, -0.1) is 0 Å². The third kappa shape index (κ3) is 7.34. The van der Waals surface area contributed by atoms with Crippen LogP contribution >= 0.6 is 23.2 Å². The molecule has 0 radical (unpaired) electrons. The second kappa shape index (κ2) is 14.1. The number of halogens is 2. The van der Waals surface area contributed by atoms with Gasteiger partial charge in [-0.3, -0.25) is 14.4 Å². The van der Waals surface area contributed by atoms with E-state index in [0.29, 0.717) is 67.1 Å². The summed E-state index contributed by atoms with van der Waals surface area (Å²) in [6.45, 7) is 0.807. The molecule has 1 aromatic heterocycles. The molecule has 2 N–H and O–H groups in total. The van der Waals surface area contributed by atoms with Crippen LogP contribution in [0.25, 0.3) is 10.9 Å². The number of methoxy groups -OCH3 is 1. The molecule has 0 unspecified atom stereocenters. The normalized spacial score (nSPS) is 21.9. The fourth-order valence-corrected chi connectivity index (χ4v) is 6.49. The van der Waals surface area contributed by atoms with E-state index >= 15 is 0 Å². The number of aliphatic carboxylic acids is 1. The summed E-state index contributed by atoms with van der Waals surface area (Å²) < 4.78 is 13.6. The number of carbonyl (C=O) groups excluding carboxylic acids is 2. The number of carbonyl (C=O) groups is 3. The predicted octanol–water partition coefficient (Wildman–Crippen LogP) is 6.19. The van der Waals surface area contributed by atoms with Crippen LogP contribution in [0.15, 0.2) is 42.6 Å². The topological polar surface area (TPSA) is 110 Å².